The van der Waals surface area contributed by atoms with Gasteiger partial charge in [0.1, 0.15) is 5.82 Å². The van der Waals surface area contributed by atoms with Crippen molar-refractivity contribution in [3.8, 4) is 0 Å². The summed E-state index contributed by atoms with van der Waals surface area (Å²) in [6.07, 6.45) is 2.83. The van der Waals surface area contributed by atoms with Crippen LogP contribution >= 0.6 is 11.6 Å². The summed E-state index contributed by atoms with van der Waals surface area (Å²) in [4.78, 5) is 20.4. The third-order valence-corrected chi connectivity index (χ3v) is 3.69. The van der Waals surface area contributed by atoms with Gasteiger partial charge in [-0.1, -0.05) is 11.6 Å². The maximum absolute atomic E-state index is 12.9. The zero-order valence-electron chi connectivity index (χ0n) is 13.3. The Labute approximate surface area is 148 Å². The number of halogens is 2. The Hall–Kier alpha value is -2.99. The average molecular weight is 357 g/mol. The zero-order chi connectivity index (χ0) is 17.8. The summed E-state index contributed by atoms with van der Waals surface area (Å²) >= 11 is 5.93. The Bertz CT molecular complexity index is 898. The number of benzene rings is 2. The largest absolute Gasteiger partial charge is 0.324 e. The van der Waals surface area contributed by atoms with E-state index in [9.17, 15) is 9.18 Å². The molecule has 0 saturated heterocycles. The summed E-state index contributed by atoms with van der Waals surface area (Å²) in [5, 5.41) is 6.37. The molecule has 0 aliphatic carbocycles. The molecule has 126 valence electrons. The molecule has 0 atom stereocenters. The van der Waals surface area contributed by atoms with Crippen LogP contribution in [-0.2, 0) is 0 Å². The number of nitrogens with one attached hydrogen (secondary N) is 2. The first-order valence-corrected chi connectivity index (χ1v) is 7.81. The molecule has 2 N–H and O–H groups in total. The van der Waals surface area contributed by atoms with Crippen molar-refractivity contribution in [3.05, 3.63) is 76.8 Å². The van der Waals surface area contributed by atoms with Crippen LogP contribution in [0, 0.1) is 12.7 Å². The van der Waals surface area contributed by atoms with Crippen LogP contribution in [0.25, 0.3) is 0 Å². The third-order valence-electron chi connectivity index (χ3n) is 3.45. The maximum atomic E-state index is 12.9. The topological polar surface area (TPSA) is 66.9 Å². The lowest BCUT2D eigenvalue weighted by Gasteiger charge is -2.09. The van der Waals surface area contributed by atoms with E-state index >= 15 is 0 Å². The van der Waals surface area contributed by atoms with Crippen molar-refractivity contribution in [3.63, 3.8) is 0 Å². The lowest BCUT2D eigenvalue weighted by atomic mass is 10.2. The Morgan fingerprint density at radius 1 is 1.08 bits per heavy atom. The predicted octanol–water partition coefficient (Wildman–Crippen LogP) is 4.57. The average Bonchev–Trinajstić information content (AvgIpc) is 2.60. The fourth-order valence-electron chi connectivity index (χ4n) is 2.13. The van der Waals surface area contributed by atoms with Gasteiger partial charge in [0, 0.05) is 28.8 Å². The summed E-state index contributed by atoms with van der Waals surface area (Å²) in [6, 6.07) is 10.9. The quantitative estimate of drug-likeness (QED) is 0.718. The first-order chi connectivity index (χ1) is 12.0. The number of carbonyl (C=O) groups is 1. The van der Waals surface area contributed by atoms with Crippen molar-refractivity contribution in [2.24, 2.45) is 0 Å². The number of aromatic nitrogens is 2. The minimum absolute atomic E-state index is 0.294. The van der Waals surface area contributed by atoms with E-state index in [-0.39, 0.29) is 11.7 Å². The molecule has 7 heteroatoms. The summed E-state index contributed by atoms with van der Waals surface area (Å²) in [7, 11) is 0. The van der Waals surface area contributed by atoms with Crippen LogP contribution in [0.5, 0.6) is 0 Å². The van der Waals surface area contributed by atoms with Crippen molar-refractivity contribution in [2.75, 3.05) is 10.6 Å². The van der Waals surface area contributed by atoms with Gasteiger partial charge in [-0.05, 0) is 55.0 Å². The highest BCUT2D eigenvalue weighted by atomic mass is 35.5. The van der Waals surface area contributed by atoms with Gasteiger partial charge in [-0.3, -0.25) is 4.79 Å². The minimum atomic E-state index is -0.374. The van der Waals surface area contributed by atoms with E-state index in [1.54, 1.807) is 6.07 Å². The van der Waals surface area contributed by atoms with Crippen molar-refractivity contribution in [1.29, 1.82) is 0 Å². The molecule has 1 amide bonds. The lowest BCUT2D eigenvalue weighted by molar-refractivity contribution is 0.102. The van der Waals surface area contributed by atoms with Gasteiger partial charge in [0.2, 0.25) is 5.95 Å². The number of aryl methyl sites for hydroxylation is 1. The van der Waals surface area contributed by atoms with Gasteiger partial charge in [0.25, 0.3) is 5.91 Å². The highest BCUT2D eigenvalue weighted by Gasteiger charge is 2.08. The highest BCUT2D eigenvalue weighted by molar-refractivity contribution is 6.30. The van der Waals surface area contributed by atoms with Crippen LogP contribution in [0.3, 0.4) is 0 Å². The van der Waals surface area contributed by atoms with E-state index in [1.165, 1.54) is 36.7 Å². The molecule has 25 heavy (non-hydrogen) atoms. The molecule has 0 aliphatic heterocycles. The van der Waals surface area contributed by atoms with Crippen molar-refractivity contribution >= 4 is 34.8 Å². The zero-order valence-corrected chi connectivity index (χ0v) is 14.0. The molecule has 0 bridgehead atoms. The van der Waals surface area contributed by atoms with Crippen LogP contribution < -0.4 is 10.6 Å². The summed E-state index contributed by atoms with van der Waals surface area (Å²) in [6.45, 7) is 1.92. The standard InChI is InChI=1S/C18H14ClFN4O/c1-11-8-13(19)2-7-16(11)24-18-21-9-12(10-22-18)17(25)23-15-5-3-14(20)4-6-15/h2-10H,1H3,(H,23,25)(H,21,22,24). The third kappa shape index (κ3) is 4.30. The fraction of sp³-hybridized carbons (Fsp3) is 0.0556. The molecule has 0 spiro atoms. The number of anilines is 3. The van der Waals surface area contributed by atoms with E-state index in [4.69, 9.17) is 11.6 Å². The summed E-state index contributed by atoms with van der Waals surface area (Å²) in [5.41, 5.74) is 2.57. The highest BCUT2D eigenvalue weighted by Crippen LogP contribution is 2.21. The number of hydrogen-bond acceptors (Lipinski definition) is 4. The molecule has 2 aromatic carbocycles. The fourth-order valence-corrected chi connectivity index (χ4v) is 2.36. The summed E-state index contributed by atoms with van der Waals surface area (Å²) in [5.74, 6) is -0.376. The lowest BCUT2D eigenvalue weighted by Crippen LogP contribution is -2.13. The van der Waals surface area contributed by atoms with Gasteiger partial charge in [0.15, 0.2) is 0 Å². The molecular weight excluding hydrogens is 343 g/mol. The molecule has 3 rings (SSSR count). The minimum Gasteiger partial charge on any atom is -0.324 e. The van der Waals surface area contributed by atoms with Crippen LogP contribution in [-0.4, -0.2) is 15.9 Å². The smallest absolute Gasteiger partial charge is 0.258 e. The van der Waals surface area contributed by atoms with Crippen LogP contribution in [0.4, 0.5) is 21.7 Å². The SMILES string of the molecule is Cc1cc(Cl)ccc1Nc1ncc(C(=O)Nc2ccc(F)cc2)cn1. The molecule has 3 aromatic rings. The first kappa shape index (κ1) is 16.9. The molecule has 5 nitrogen and oxygen atoms in total. The van der Waals surface area contributed by atoms with Gasteiger partial charge < -0.3 is 10.6 Å². The van der Waals surface area contributed by atoms with Crippen LogP contribution in [0.15, 0.2) is 54.9 Å². The number of hydrogen-bond donors (Lipinski definition) is 2. The Morgan fingerprint density at radius 3 is 2.40 bits per heavy atom. The monoisotopic (exact) mass is 356 g/mol. The van der Waals surface area contributed by atoms with Crippen molar-refractivity contribution < 1.29 is 9.18 Å². The number of carbonyl (C=O) groups excluding carboxylic acids is 1. The second-order valence-electron chi connectivity index (χ2n) is 5.34. The molecule has 0 radical (unpaired) electrons. The maximum Gasteiger partial charge on any atom is 0.258 e. The predicted molar refractivity (Wildman–Crippen MR) is 95.9 cm³/mol. The molecule has 1 heterocycles. The van der Waals surface area contributed by atoms with E-state index in [1.807, 2.05) is 19.1 Å². The Balaban J connectivity index is 1.69. The Kier molecular flexibility index (Phi) is 4.90. The van der Waals surface area contributed by atoms with E-state index < -0.39 is 0 Å². The summed E-state index contributed by atoms with van der Waals surface area (Å²) < 4.78 is 12.9. The van der Waals surface area contributed by atoms with Crippen LogP contribution in [0.1, 0.15) is 15.9 Å². The molecule has 0 aliphatic rings. The van der Waals surface area contributed by atoms with E-state index in [2.05, 4.69) is 20.6 Å². The second kappa shape index (κ2) is 7.27. The van der Waals surface area contributed by atoms with Crippen LogP contribution in [0.2, 0.25) is 5.02 Å². The van der Waals surface area contributed by atoms with Gasteiger partial charge >= 0.3 is 0 Å². The van der Waals surface area contributed by atoms with Crippen molar-refractivity contribution in [2.45, 2.75) is 6.92 Å². The molecule has 0 fully saturated rings. The van der Waals surface area contributed by atoms with Gasteiger partial charge in [-0.2, -0.15) is 0 Å². The molecule has 1 aromatic heterocycles. The number of rotatable bonds is 4. The van der Waals surface area contributed by atoms with E-state index in [0.29, 0.717) is 22.2 Å². The second-order valence-corrected chi connectivity index (χ2v) is 5.78. The first-order valence-electron chi connectivity index (χ1n) is 7.43. The Morgan fingerprint density at radius 2 is 1.76 bits per heavy atom. The van der Waals surface area contributed by atoms with Crippen molar-refractivity contribution in [1.82, 2.24) is 9.97 Å². The van der Waals surface area contributed by atoms with Gasteiger partial charge in [0.05, 0.1) is 5.56 Å². The normalized spacial score (nSPS) is 10.4. The van der Waals surface area contributed by atoms with Gasteiger partial charge in [-0.25, -0.2) is 14.4 Å². The number of amides is 1. The molecule has 0 saturated carbocycles. The van der Waals surface area contributed by atoms with E-state index in [0.717, 1.165) is 11.3 Å². The van der Waals surface area contributed by atoms with Gasteiger partial charge in [-0.15, -0.1) is 0 Å². The number of nitrogens with zero attached hydrogens (tertiary/aromatic N) is 2. The molecule has 0 unspecified atom stereocenters. The molecular formula is C18H14ClFN4O.